The molecule has 0 amide bonds. The van der Waals surface area contributed by atoms with Crippen LogP contribution >= 0.6 is 0 Å². The van der Waals surface area contributed by atoms with Gasteiger partial charge in [-0.1, -0.05) is 6.07 Å². The molecule has 2 aromatic rings. The highest BCUT2D eigenvalue weighted by Gasteiger charge is 2.27. The van der Waals surface area contributed by atoms with Gasteiger partial charge in [-0.3, -0.25) is 4.90 Å². The van der Waals surface area contributed by atoms with Crippen molar-refractivity contribution in [3.05, 3.63) is 35.4 Å². The predicted molar refractivity (Wildman–Crippen MR) is 96.2 cm³/mol. The minimum absolute atomic E-state index is 0.105. The normalized spacial score (nSPS) is 20.7. The molecule has 0 saturated carbocycles. The Hall–Kier alpha value is -2.12. The third kappa shape index (κ3) is 3.54. The van der Waals surface area contributed by atoms with Crippen LogP contribution in [0.5, 0.6) is 11.5 Å². The van der Waals surface area contributed by atoms with E-state index in [0.717, 1.165) is 69.3 Å². The first-order valence-corrected chi connectivity index (χ1v) is 9.45. The fraction of sp³-hybridized carbons (Fsp3) is 0.579. The molecule has 1 fully saturated rings. The molecule has 0 radical (unpaired) electrons. The van der Waals surface area contributed by atoms with Crippen molar-refractivity contribution in [2.45, 2.75) is 45.4 Å². The first-order chi connectivity index (χ1) is 12.7. The maximum absolute atomic E-state index is 9.87. The summed E-state index contributed by atoms with van der Waals surface area (Å²) < 4.78 is 13.5. The van der Waals surface area contributed by atoms with Crippen molar-refractivity contribution in [1.29, 1.82) is 0 Å². The van der Waals surface area contributed by atoms with E-state index in [-0.39, 0.29) is 11.9 Å². The van der Waals surface area contributed by atoms with Gasteiger partial charge in [0.1, 0.15) is 11.9 Å². The standard InChI is InChI=1S/C19H26N4O3/c1-2-25-17-12-14(5-6-15(17)24)13-22-8-7-18-20-21-19(23(18)10-9-22)16-4-3-11-26-16/h5-6,12,16,24H,2-4,7-11,13H2,1H3. The molecule has 2 aliphatic heterocycles. The lowest BCUT2D eigenvalue weighted by Crippen LogP contribution is -2.27. The summed E-state index contributed by atoms with van der Waals surface area (Å²) in [4.78, 5) is 2.41. The summed E-state index contributed by atoms with van der Waals surface area (Å²) >= 11 is 0. The third-order valence-corrected chi connectivity index (χ3v) is 5.10. The van der Waals surface area contributed by atoms with Crippen molar-refractivity contribution in [2.75, 3.05) is 26.3 Å². The molecule has 0 bridgehead atoms. The fourth-order valence-corrected chi connectivity index (χ4v) is 3.75. The summed E-state index contributed by atoms with van der Waals surface area (Å²) in [7, 11) is 0. The topological polar surface area (TPSA) is 72.6 Å². The maximum Gasteiger partial charge on any atom is 0.162 e. The fourth-order valence-electron chi connectivity index (χ4n) is 3.75. The predicted octanol–water partition coefficient (Wildman–Crippen LogP) is 2.29. The molecule has 1 saturated heterocycles. The van der Waals surface area contributed by atoms with Crippen molar-refractivity contribution in [2.24, 2.45) is 0 Å². The van der Waals surface area contributed by atoms with Crippen LogP contribution in [0.3, 0.4) is 0 Å². The zero-order valence-electron chi connectivity index (χ0n) is 15.2. The molecule has 2 aliphatic rings. The number of hydrogen-bond acceptors (Lipinski definition) is 6. The van der Waals surface area contributed by atoms with Gasteiger partial charge in [-0.05, 0) is 37.5 Å². The van der Waals surface area contributed by atoms with E-state index in [1.165, 1.54) is 0 Å². The summed E-state index contributed by atoms with van der Waals surface area (Å²) in [6.45, 7) is 6.87. The Balaban J connectivity index is 1.44. The molecule has 1 aromatic heterocycles. The number of phenols is 1. The van der Waals surface area contributed by atoms with Gasteiger partial charge in [-0.25, -0.2) is 0 Å². The minimum atomic E-state index is 0.105. The van der Waals surface area contributed by atoms with Crippen LogP contribution in [-0.4, -0.2) is 51.1 Å². The Morgan fingerprint density at radius 2 is 2.19 bits per heavy atom. The van der Waals surface area contributed by atoms with Gasteiger partial charge in [-0.2, -0.15) is 0 Å². The molecule has 0 aliphatic carbocycles. The quantitative estimate of drug-likeness (QED) is 0.884. The zero-order valence-corrected chi connectivity index (χ0v) is 15.2. The molecule has 140 valence electrons. The number of phenolic OH excluding ortho intramolecular Hbond substituents is 1. The molecule has 1 N–H and O–H groups in total. The number of aromatic nitrogens is 3. The molecule has 26 heavy (non-hydrogen) atoms. The van der Waals surface area contributed by atoms with E-state index in [1.807, 2.05) is 19.1 Å². The van der Waals surface area contributed by atoms with Gasteiger partial charge in [-0.15, -0.1) is 10.2 Å². The second-order valence-corrected chi connectivity index (χ2v) is 6.89. The first kappa shape index (κ1) is 17.3. The smallest absolute Gasteiger partial charge is 0.162 e. The van der Waals surface area contributed by atoms with Gasteiger partial charge in [0.15, 0.2) is 17.3 Å². The van der Waals surface area contributed by atoms with Gasteiger partial charge in [0.2, 0.25) is 0 Å². The Labute approximate surface area is 153 Å². The lowest BCUT2D eigenvalue weighted by Gasteiger charge is -2.20. The van der Waals surface area contributed by atoms with E-state index >= 15 is 0 Å². The summed E-state index contributed by atoms with van der Waals surface area (Å²) in [6.07, 6.45) is 3.13. The van der Waals surface area contributed by atoms with Crippen LogP contribution in [0, 0.1) is 0 Å². The molecular formula is C19H26N4O3. The molecule has 3 heterocycles. The lowest BCUT2D eigenvalue weighted by atomic mass is 10.2. The number of aromatic hydroxyl groups is 1. The average molecular weight is 358 g/mol. The molecule has 1 unspecified atom stereocenters. The van der Waals surface area contributed by atoms with E-state index < -0.39 is 0 Å². The second-order valence-electron chi connectivity index (χ2n) is 6.89. The van der Waals surface area contributed by atoms with Gasteiger partial charge >= 0.3 is 0 Å². The van der Waals surface area contributed by atoms with E-state index in [9.17, 15) is 5.11 Å². The van der Waals surface area contributed by atoms with Gasteiger partial charge in [0, 0.05) is 39.2 Å². The Morgan fingerprint density at radius 3 is 3.00 bits per heavy atom. The molecule has 4 rings (SSSR count). The first-order valence-electron chi connectivity index (χ1n) is 9.45. The minimum Gasteiger partial charge on any atom is -0.504 e. The average Bonchev–Trinajstić information content (AvgIpc) is 3.26. The lowest BCUT2D eigenvalue weighted by molar-refractivity contribution is 0.101. The number of ether oxygens (including phenoxy) is 2. The van der Waals surface area contributed by atoms with Crippen LogP contribution in [-0.2, 0) is 24.2 Å². The highest BCUT2D eigenvalue weighted by atomic mass is 16.5. The summed E-state index contributed by atoms with van der Waals surface area (Å²) in [5.41, 5.74) is 1.14. The molecule has 1 aromatic carbocycles. The Bertz CT molecular complexity index is 755. The van der Waals surface area contributed by atoms with Crippen LogP contribution in [0.25, 0.3) is 0 Å². The number of benzene rings is 1. The van der Waals surface area contributed by atoms with Crippen LogP contribution in [0.4, 0.5) is 0 Å². The molecule has 1 atom stereocenters. The van der Waals surface area contributed by atoms with Gasteiger partial charge in [0.25, 0.3) is 0 Å². The maximum atomic E-state index is 9.87. The highest BCUT2D eigenvalue weighted by Crippen LogP contribution is 2.29. The van der Waals surface area contributed by atoms with Crippen LogP contribution in [0.15, 0.2) is 18.2 Å². The van der Waals surface area contributed by atoms with E-state index in [1.54, 1.807) is 6.07 Å². The summed E-state index contributed by atoms with van der Waals surface area (Å²) in [5.74, 6) is 2.79. The number of rotatable bonds is 5. The highest BCUT2D eigenvalue weighted by molar-refractivity contribution is 5.41. The number of fused-ring (bicyclic) bond motifs is 1. The van der Waals surface area contributed by atoms with E-state index in [0.29, 0.717) is 12.4 Å². The second kappa shape index (κ2) is 7.63. The van der Waals surface area contributed by atoms with E-state index in [4.69, 9.17) is 9.47 Å². The van der Waals surface area contributed by atoms with Crippen molar-refractivity contribution in [1.82, 2.24) is 19.7 Å². The third-order valence-electron chi connectivity index (χ3n) is 5.10. The van der Waals surface area contributed by atoms with Crippen molar-refractivity contribution in [3.63, 3.8) is 0 Å². The van der Waals surface area contributed by atoms with Crippen LogP contribution in [0.2, 0.25) is 0 Å². The number of hydrogen-bond donors (Lipinski definition) is 1. The Morgan fingerprint density at radius 1 is 1.27 bits per heavy atom. The SMILES string of the molecule is CCOc1cc(CN2CCc3nnc(C4CCCO4)n3CC2)ccc1O. The van der Waals surface area contributed by atoms with Gasteiger partial charge in [0.05, 0.1) is 6.61 Å². The summed E-state index contributed by atoms with van der Waals surface area (Å²) in [5, 5.41) is 18.7. The van der Waals surface area contributed by atoms with Crippen molar-refractivity contribution < 1.29 is 14.6 Å². The molecule has 0 spiro atoms. The molecular weight excluding hydrogens is 332 g/mol. The van der Waals surface area contributed by atoms with Crippen LogP contribution in [0.1, 0.15) is 43.1 Å². The van der Waals surface area contributed by atoms with Crippen molar-refractivity contribution in [3.8, 4) is 11.5 Å². The van der Waals surface area contributed by atoms with Crippen LogP contribution < -0.4 is 4.74 Å². The summed E-state index contributed by atoms with van der Waals surface area (Å²) in [6, 6.07) is 5.60. The number of nitrogens with zero attached hydrogens (tertiary/aromatic N) is 4. The Kier molecular flexibility index (Phi) is 5.08. The van der Waals surface area contributed by atoms with Gasteiger partial charge < -0.3 is 19.1 Å². The van der Waals surface area contributed by atoms with E-state index in [2.05, 4.69) is 19.7 Å². The molecule has 7 heteroatoms. The monoisotopic (exact) mass is 358 g/mol. The van der Waals surface area contributed by atoms with Crippen molar-refractivity contribution >= 4 is 0 Å². The largest absolute Gasteiger partial charge is 0.504 e. The molecule has 7 nitrogen and oxygen atoms in total. The zero-order chi connectivity index (χ0) is 17.9.